The number of ketones is 1. The van der Waals surface area contributed by atoms with E-state index in [0.717, 1.165) is 4.57 Å². The van der Waals surface area contributed by atoms with E-state index in [1.807, 2.05) is 12.1 Å². The number of nitrogens with one attached hydrogen (secondary N) is 1. The molecule has 0 saturated heterocycles. The summed E-state index contributed by atoms with van der Waals surface area (Å²) in [5.74, 6) is -1.12. The number of carbonyl (C=O) groups is 2. The van der Waals surface area contributed by atoms with Crippen LogP contribution in [0.15, 0.2) is 94.0 Å². The molecule has 1 aliphatic heterocycles. The number of non-ortho nitro benzene ring substituents is 1. The molecule has 208 valence electrons. The highest BCUT2D eigenvalue weighted by atomic mass is 16.6. The van der Waals surface area contributed by atoms with Crippen molar-refractivity contribution < 1.29 is 19.2 Å². The maximum atomic E-state index is 13.6. The Morgan fingerprint density at radius 1 is 0.929 bits per heavy atom. The molecule has 0 bridgehead atoms. The van der Waals surface area contributed by atoms with Gasteiger partial charge in [-0.15, -0.1) is 0 Å². The molecule has 1 aliphatic carbocycles. The lowest BCUT2D eigenvalue weighted by atomic mass is 9.81. The third kappa shape index (κ3) is 4.24. The van der Waals surface area contributed by atoms with Crippen LogP contribution in [0.5, 0.6) is 5.75 Å². The van der Waals surface area contributed by atoms with Crippen LogP contribution in [0, 0.1) is 10.1 Å². The molecule has 0 amide bonds. The maximum absolute atomic E-state index is 13.6. The Labute approximate surface area is 237 Å². The maximum Gasteiger partial charge on any atom is 0.336 e. The van der Waals surface area contributed by atoms with Crippen LogP contribution in [0.4, 0.5) is 11.5 Å². The number of nitrogens with zero attached hydrogens (tertiary/aromatic N) is 3. The first kappa shape index (κ1) is 26.4. The number of fused-ring (bicyclic) bond motifs is 3. The van der Waals surface area contributed by atoms with Crippen molar-refractivity contribution >= 4 is 35.0 Å². The van der Waals surface area contributed by atoms with Crippen LogP contribution in [0.3, 0.4) is 0 Å². The van der Waals surface area contributed by atoms with Crippen LogP contribution in [0.2, 0.25) is 0 Å². The molecular formula is C31H22N4O7. The molecule has 1 aromatic heterocycles. The highest BCUT2D eigenvalue weighted by Crippen LogP contribution is 2.47. The number of carbonyl (C=O) groups excluding carboxylic acids is 2. The number of esters is 1. The molecular weight excluding hydrogens is 540 g/mol. The number of hydrogen-bond donors (Lipinski definition) is 1. The van der Waals surface area contributed by atoms with Crippen LogP contribution in [0.1, 0.15) is 38.5 Å². The second-order valence-electron chi connectivity index (χ2n) is 9.86. The summed E-state index contributed by atoms with van der Waals surface area (Å²) in [5.41, 5.74) is 2.49. The predicted octanol–water partition coefficient (Wildman–Crippen LogP) is 3.78. The first-order valence-corrected chi connectivity index (χ1v) is 12.8. The minimum atomic E-state index is -0.784. The number of rotatable bonds is 5. The van der Waals surface area contributed by atoms with Crippen LogP contribution in [-0.4, -0.2) is 25.8 Å². The second-order valence-corrected chi connectivity index (χ2v) is 9.86. The Bertz CT molecular complexity index is 2000. The zero-order chi connectivity index (χ0) is 29.7. The van der Waals surface area contributed by atoms with E-state index in [4.69, 9.17) is 4.74 Å². The topological polar surface area (TPSA) is 143 Å². The Hall–Kier alpha value is -5.84. The van der Waals surface area contributed by atoms with Gasteiger partial charge in [0, 0.05) is 54.9 Å². The smallest absolute Gasteiger partial charge is 0.336 e. The van der Waals surface area contributed by atoms with Crippen LogP contribution < -0.4 is 21.3 Å². The summed E-state index contributed by atoms with van der Waals surface area (Å²) in [4.78, 5) is 62.6. The SMILES string of the molecule is Cn1c2c(c(=O)n(C)c1=O)C(c1ccc(OC(=O)C=Cc3ccc([N+](=O)[O-])cc3)cc1)C1=C(N2)c2ccccc2C1=O. The highest BCUT2D eigenvalue weighted by Gasteiger charge is 2.42. The molecule has 11 heteroatoms. The Morgan fingerprint density at radius 3 is 2.26 bits per heavy atom. The number of aromatic nitrogens is 2. The number of Topliss-reactive ketones (excluding diaryl/α,β-unsaturated/α-hetero) is 1. The lowest BCUT2D eigenvalue weighted by molar-refractivity contribution is -0.384. The van der Waals surface area contributed by atoms with E-state index in [-0.39, 0.29) is 22.8 Å². The Morgan fingerprint density at radius 2 is 1.60 bits per heavy atom. The summed E-state index contributed by atoms with van der Waals surface area (Å²) >= 11 is 0. The minimum Gasteiger partial charge on any atom is -0.423 e. The van der Waals surface area contributed by atoms with Gasteiger partial charge in [-0.05, 0) is 41.5 Å². The van der Waals surface area contributed by atoms with E-state index in [2.05, 4.69) is 5.32 Å². The number of nitro groups is 1. The molecule has 4 aromatic rings. The van der Waals surface area contributed by atoms with Crippen molar-refractivity contribution in [3.63, 3.8) is 0 Å². The molecule has 11 nitrogen and oxygen atoms in total. The number of ether oxygens (including phenoxy) is 1. The molecule has 0 fully saturated rings. The average Bonchev–Trinajstić information content (AvgIpc) is 3.29. The lowest BCUT2D eigenvalue weighted by Crippen LogP contribution is -2.42. The van der Waals surface area contributed by atoms with E-state index >= 15 is 0 Å². The molecule has 6 rings (SSSR count). The summed E-state index contributed by atoms with van der Waals surface area (Å²) in [6.07, 6.45) is 2.68. The number of anilines is 1. The molecule has 0 spiro atoms. The first-order valence-electron chi connectivity index (χ1n) is 12.8. The van der Waals surface area contributed by atoms with Gasteiger partial charge in [-0.3, -0.25) is 28.8 Å². The van der Waals surface area contributed by atoms with Gasteiger partial charge in [0.05, 0.1) is 16.2 Å². The Kier molecular flexibility index (Phi) is 6.26. The van der Waals surface area contributed by atoms with Gasteiger partial charge in [0.15, 0.2) is 5.78 Å². The molecule has 3 aromatic carbocycles. The predicted molar refractivity (Wildman–Crippen MR) is 154 cm³/mol. The Balaban J connectivity index is 1.34. The van der Waals surface area contributed by atoms with E-state index in [0.29, 0.717) is 39.3 Å². The van der Waals surface area contributed by atoms with Crippen molar-refractivity contribution in [1.29, 1.82) is 0 Å². The third-order valence-corrected chi connectivity index (χ3v) is 7.42. The van der Waals surface area contributed by atoms with Gasteiger partial charge in [0.1, 0.15) is 11.6 Å². The standard InChI is InChI=1S/C31H22N4O7/c1-33-29-26(30(38)34(2)31(33)39)24(25-27(32-29)21-5-3-4-6-22(21)28(25)37)18-10-14-20(15-11-18)42-23(36)16-9-17-7-12-19(13-8-17)35(40)41/h3-16,24,32H,1-2H3. The number of nitro benzene ring substituents is 1. The van der Waals surface area contributed by atoms with Crippen LogP contribution in [-0.2, 0) is 18.9 Å². The summed E-state index contributed by atoms with van der Waals surface area (Å²) in [7, 11) is 2.95. The van der Waals surface area contributed by atoms with Crippen molar-refractivity contribution in [3.8, 4) is 5.75 Å². The van der Waals surface area contributed by atoms with Gasteiger partial charge < -0.3 is 10.1 Å². The van der Waals surface area contributed by atoms with Gasteiger partial charge in [-0.25, -0.2) is 9.59 Å². The second kappa shape index (κ2) is 9.97. The van der Waals surface area contributed by atoms with Crippen LogP contribution >= 0.6 is 0 Å². The first-order chi connectivity index (χ1) is 20.2. The van der Waals surface area contributed by atoms with Crippen LogP contribution in [0.25, 0.3) is 11.8 Å². The summed E-state index contributed by atoms with van der Waals surface area (Å²) in [5, 5.41) is 14.0. The average molecular weight is 563 g/mol. The summed E-state index contributed by atoms with van der Waals surface area (Å²) in [6, 6.07) is 19.3. The van der Waals surface area contributed by atoms with Gasteiger partial charge in [0.25, 0.3) is 11.2 Å². The van der Waals surface area contributed by atoms with Gasteiger partial charge >= 0.3 is 11.7 Å². The molecule has 1 N–H and O–H groups in total. The normalized spacial score (nSPS) is 15.2. The number of allylic oxidation sites excluding steroid dienone is 1. The number of benzene rings is 3. The van der Waals surface area contributed by atoms with E-state index in [9.17, 15) is 29.3 Å². The zero-order valence-electron chi connectivity index (χ0n) is 22.4. The highest BCUT2D eigenvalue weighted by molar-refractivity contribution is 6.23. The molecule has 2 aliphatic rings. The van der Waals surface area contributed by atoms with E-state index in [1.54, 1.807) is 43.4 Å². The lowest BCUT2D eigenvalue weighted by Gasteiger charge is -2.29. The van der Waals surface area contributed by atoms with Gasteiger partial charge in [-0.2, -0.15) is 0 Å². The van der Waals surface area contributed by atoms with E-state index < -0.39 is 28.1 Å². The quantitative estimate of drug-likeness (QED) is 0.127. The third-order valence-electron chi connectivity index (χ3n) is 7.42. The largest absolute Gasteiger partial charge is 0.423 e. The van der Waals surface area contributed by atoms with Gasteiger partial charge in [-0.1, -0.05) is 36.4 Å². The summed E-state index contributed by atoms with van der Waals surface area (Å²) in [6.45, 7) is 0. The number of hydrogen-bond acceptors (Lipinski definition) is 8. The van der Waals surface area contributed by atoms with Crippen molar-refractivity contribution in [2.75, 3.05) is 5.32 Å². The van der Waals surface area contributed by atoms with Crippen molar-refractivity contribution in [2.24, 2.45) is 14.1 Å². The van der Waals surface area contributed by atoms with E-state index in [1.165, 1.54) is 48.0 Å². The fraction of sp³-hybridized carbons (Fsp3) is 0.0968. The minimum absolute atomic E-state index is 0.0580. The fourth-order valence-corrected chi connectivity index (χ4v) is 5.34. The molecule has 42 heavy (non-hydrogen) atoms. The van der Waals surface area contributed by atoms with Crippen molar-refractivity contribution in [3.05, 3.63) is 143 Å². The molecule has 1 unspecified atom stereocenters. The fourth-order valence-electron chi connectivity index (χ4n) is 5.34. The summed E-state index contributed by atoms with van der Waals surface area (Å²) < 4.78 is 7.78. The molecule has 2 heterocycles. The molecule has 0 radical (unpaired) electrons. The monoisotopic (exact) mass is 562 g/mol. The van der Waals surface area contributed by atoms with Crippen molar-refractivity contribution in [1.82, 2.24) is 9.13 Å². The molecule has 1 atom stereocenters. The van der Waals surface area contributed by atoms with Gasteiger partial charge in [0.2, 0.25) is 0 Å². The van der Waals surface area contributed by atoms with Crippen molar-refractivity contribution in [2.45, 2.75) is 5.92 Å². The zero-order valence-corrected chi connectivity index (χ0v) is 22.4. The molecule has 0 saturated carbocycles.